The summed E-state index contributed by atoms with van der Waals surface area (Å²) in [5, 5.41) is 11.8. The summed E-state index contributed by atoms with van der Waals surface area (Å²) in [6.45, 7) is 3.74. The van der Waals surface area contributed by atoms with Gasteiger partial charge in [0.25, 0.3) is 0 Å². The van der Waals surface area contributed by atoms with E-state index in [1.165, 1.54) is 0 Å². The molecular formula is C13H19NO4S. The largest absolute Gasteiger partial charge is 0.481 e. The third-order valence-electron chi connectivity index (χ3n) is 2.83. The first kappa shape index (κ1) is 15.5. The lowest BCUT2D eigenvalue weighted by molar-refractivity contribution is -0.137. The van der Waals surface area contributed by atoms with Crippen molar-refractivity contribution >= 4 is 21.5 Å². The molecule has 0 fully saturated rings. The number of benzene rings is 1. The molecule has 0 aliphatic rings. The Balaban J connectivity index is 2.86. The molecule has 1 aromatic rings. The third kappa shape index (κ3) is 4.90. The molecule has 106 valence electrons. The number of carboxylic acid groups (broad SMARTS) is 1. The Morgan fingerprint density at radius 3 is 2.58 bits per heavy atom. The molecule has 0 saturated heterocycles. The zero-order valence-electron chi connectivity index (χ0n) is 11.3. The molecule has 1 rings (SSSR count). The summed E-state index contributed by atoms with van der Waals surface area (Å²) in [7, 11) is -3.24. The van der Waals surface area contributed by atoms with E-state index in [0.29, 0.717) is 6.42 Å². The highest BCUT2D eigenvalue weighted by Crippen LogP contribution is 2.21. The van der Waals surface area contributed by atoms with Crippen LogP contribution in [0, 0.1) is 6.92 Å². The Morgan fingerprint density at radius 1 is 1.42 bits per heavy atom. The Morgan fingerprint density at radius 2 is 2.05 bits per heavy atom. The fourth-order valence-electron chi connectivity index (χ4n) is 1.66. The van der Waals surface area contributed by atoms with Gasteiger partial charge in [0.15, 0.2) is 9.84 Å². The van der Waals surface area contributed by atoms with Crippen molar-refractivity contribution in [1.82, 2.24) is 0 Å². The van der Waals surface area contributed by atoms with Crippen molar-refractivity contribution in [2.45, 2.75) is 37.6 Å². The zero-order valence-corrected chi connectivity index (χ0v) is 12.1. The minimum Gasteiger partial charge on any atom is -0.481 e. The second-order valence-corrected chi connectivity index (χ2v) is 6.74. The Bertz CT molecular complexity index is 566. The van der Waals surface area contributed by atoms with Crippen LogP contribution in [-0.4, -0.2) is 31.8 Å². The maximum atomic E-state index is 11.5. The maximum absolute atomic E-state index is 11.5. The first-order valence-electron chi connectivity index (χ1n) is 5.99. The van der Waals surface area contributed by atoms with Crippen molar-refractivity contribution < 1.29 is 18.3 Å². The smallest absolute Gasteiger partial charge is 0.303 e. The summed E-state index contributed by atoms with van der Waals surface area (Å²) in [5.41, 5.74) is 1.65. The van der Waals surface area contributed by atoms with Crippen molar-refractivity contribution in [3.63, 3.8) is 0 Å². The van der Waals surface area contributed by atoms with Crippen LogP contribution >= 0.6 is 0 Å². The predicted molar refractivity (Wildman–Crippen MR) is 74.2 cm³/mol. The monoisotopic (exact) mass is 285 g/mol. The van der Waals surface area contributed by atoms with E-state index in [1.807, 2.05) is 13.8 Å². The first-order chi connectivity index (χ1) is 8.70. The summed E-state index contributed by atoms with van der Waals surface area (Å²) in [5.74, 6) is -0.838. The fourth-order valence-corrected chi connectivity index (χ4v) is 2.31. The number of aliphatic carboxylic acids is 1. The topological polar surface area (TPSA) is 83.5 Å². The molecular weight excluding hydrogens is 266 g/mol. The van der Waals surface area contributed by atoms with Crippen LogP contribution in [0.4, 0.5) is 5.69 Å². The minimum atomic E-state index is -3.24. The summed E-state index contributed by atoms with van der Waals surface area (Å²) in [6, 6.07) is 4.85. The van der Waals surface area contributed by atoms with Gasteiger partial charge in [0.1, 0.15) is 0 Å². The van der Waals surface area contributed by atoms with E-state index in [0.717, 1.165) is 17.5 Å². The molecule has 5 nitrogen and oxygen atoms in total. The van der Waals surface area contributed by atoms with Crippen LogP contribution in [-0.2, 0) is 14.6 Å². The van der Waals surface area contributed by atoms with Gasteiger partial charge in [0.05, 0.1) is 4.90 Å². The lowest BCUT2D eigenvalue weighted by Gasteiger charge is -2.17. The van der Waals surface area contributed by atoms with Crippen LogP contribution in [0.3, 0.4) is 0 Å². The van der Waals surface area contributed by atoms with E-state index in [1.54, 1.807) is 18.2 Å². The average molecular weight is 285 g/mol. The molecule has 19 heavy (non-hydrogen) atoms. The highest BCUT2D eigenvalue weighted by molar-refractivity contribution is 7.90. The van der Waals surface area contributed by atoms with Gasteiger partial charge in [0, 0.05) is 24.4 Å². The molecule has 2 N–H and O–H groups in total. The third-order valence-corrected chi connectivity index (χ3v) is 3.94. The van der Waals surface area contributed by atoms with E-state index < -0.39 is 15.8 Å². The number of carbonyl (C=O) groups is 1. The van der Waals surface area contributed by atoms with Crippen LogP contribution in [0.25, 0.3) is 0 Å². The van der Waals surface area contributed by atoms with Gasteiger partial charge < -0.3 is 10.4 Å². The SMILES string of the molecule is Cc1ccc(S(C)(=O)=O)cc1NC(C)CCC(=O)O. The second kappa shape index (κ2) is 6.06. The number of sulfone groups is 1. The summed E-state index contributed by atoms with van der Waals surface area (Å²) >= 11 is 0. The maximum Gasteiger partial charge on any atom is 0.303 e. The van der Waals surface area contributed by atoms with Gasteiger partial charge in [0.2, 0.25) is 0 Å². The molecule has 0 aromatic heterocycles. The zero-order chi connectivity index (χ0) is 14.6. The molecule has 1 aromatic carbocycles. The summed E-state index contributed by atoms with van der Waals surface area (Å²) in [6.07, 6.45) is 1.73. The molecule has 0 heterocycles. The van der Waals surface area contributed by atoms with E-state index in [-0.39, 0.29) is 17.4 Å². The number of nitrogens with one attached hydrogen (secondary N) is 1. The molecule has 0 aliphatic heterocycles. The Hall–Kier alpha value is -1.56. The van der Waals surface area contributed by atoms with E-state index in [4.69, 9.17) is 5.11 Å². The number of hydrogen-bond donors (Lipinski definition) is 2. The van der Waals surface area contributed by atoms with Crippen LogP contribution in [0.15, 0.2) is 23.1 Å². The molecule has 0 aliphatic carbocycles. The highest BCUT2D eigenvalue weighted by atomic mass is 32.2. The number of carboxylic acids is 1. The number of aryl methyl sites for hydroxylation is 1. The Labute approximate surface area is 113 Å². The van der Waals surface area contributed by atoms with Crippen molar-refractivity contribution in [3.05, 3.63) is 23.8 Å². The predicted octanol–water partition coefficient (Wildman–Crippen LogP) is 2.06. The van der Waals surface area contributed by atoms with Crippen molar-refractivity contribution in [2.75, 3.05) is 11.6 Å². The average Bonchev–Trinajstić information content (AvgIpc) is 2.28. The fraction of sp³-hybridized carbons (Fsp3) is 0.462. The van der Waals surface area contributed by atoms with Crippen LogP contribution in [0.5, 0.6) is 0 Å². The molecule has 1 atom stereocenters. The quantitative estimate of drug-likeness (QED) is 0.836. The van der Waals surface area contributed by atoms with Crippen molar-refractivity contribution in [1.29, 1.82) is 0 Å². The van der Waals surface area contributed by atoms with Crippen LogP contribution in [0.2, 0.25) is 0 Å². The number of hydrogen-bond acceptors (Lipinski definition) is 4. The molecule has 6 heteroatoms. The van der Waals surface area contributed by atoms with Gasteiger partial charge in [-0.1, -0.05) is 6.07 Å². The lowest BCUT2D eigenvalue weighted by atomic mass is 10.1. The van der Waals surface area contributed by atoms with Gasteiger partial charge in [-0.15, -0.1) is 0 Å². The van der Waals surface area contributed by atoms with Gasteiger partial charge in [-0.2, -0.15) is 0 Å². The standard InChI is InChI=1S/C13H19NO4S/c1-9-4-6-11(19(3,17)18)8-12(9)14-10(2)5-7-13(15)16/h4,6,8,10,14H,5,7H2,1-3H3,(H,15,16). The molecule has 0 spiro atoms. The summed E-state index contributed by atoms with van der Waals surface area (Å²) in [4.78, 5) is 10.8. The number of rotatable bonds is 6. The first-order valence-corrected chi connectivity index (χ1v) is 7.88. The molecule has 0 bridgehead atoms. The molecule has 0 radical (unpaired) electrons. The lowest BCUT2D eigenvalue weighted by Crippen LogP contribution is -2.17. The molecule has 0 amide bonds. The van der Waals surface area contributed by atoms with E-state index in [9.17, 15) is 13.2 Å². The van der Waals surface area contributed by atoms with Crippen LogP contribution < -0.4 is 5.32 Å². The van der Waals surface area contributed by atoms with E-state index in [2.05, 4.69) is 5.32 Å². The van der Waals surface area contributed by atoms with E-state index >= 15 is 0 Å². The minimum absolute atomic E-state index is 0.0374. The van der Waals surface area contributed by atoms with Gasteiger partial charge in [-0.3, -0.25) is 4.79 Å². The van der Waals surface area contributed by atoms with Gasteiger partial charge >= 0.3 is 5.97 Å². The number of anilines is 1. The molecule has 1 unspecified atom stereocenters. The second-order valence-electron chi connectivity index (χ2n) is 4.73. The highest BCUT2D eigenvalue weighted by Gasteiger charge is 2.11. The van der Waals surface area contributed by atoms with Gasteiger partial charge in [-0.25, -0.2) is 8.42 Å². The van der Waals surface area contributed by atoms with Crippen LogP contribution in [0.1, 0.15) is 25.3 Å². The van der Waals surface area contributed by atoms with Gasteiger partial charge in [-0.05, 0) is 38.0 Å². The summed E-state index contributed by atoms with van der Waals surface area (Å²) < 4.78 is 23.0. The van der Waals surface area contributed by atoms with Crippen molar-refractivity contribution in [3.8, 4) is 0 Å². The Kier molecular flexibility index (Phi) is 4.94. The molecule has 0 saturated carbocycles. The van der Waals surface area contributed by atoms with Crippen molar-refractivity contribution in [2.24, 2.45) is 0 Å². The normalized spacial score (nSPS) is 13.0.